The third-order valence-corrected chi connectivity index (χ3v) is 4.89. The molecule has 5 nitrogen and oxygen atoms in total. The second-order valence-electron chi connectivity index (χ2n) is 6.59. The Hall–Kier alpha value is -3.31. The van der Waals surface area contributed by atoms with Crippen LogP contribution in [0.5, 0.6) is 11.5 Å². The number of fused-ring (bicyclic) bond motifs is 1. The monoisotopic (exact) mass is 392 g/mol. The zero-order valence-corrected chi connectivity index (χ0v) is 16.0. The zero-order chi connectivity index (χ0) is 19.8. The quantitative estimate of drug-likeness (QED) is 0.424. The van der Waals surface area contributed by atoms with Crippen molar-refractivity contribution >= 4 is 34.6 Å². The summed E-state index contributed by atoms with van der Waals surface area (Å²) in [6, 6.07) is 13.4. The van der Waals surface area contributed by atoms with E-state index in [-0.39, 0.29) is 11.5 Å². The van der Waals surface area contributed by atoms with Crippen molar-refractivity contribution in [3.8, 4) is 23.0 Å². The van der Waals surface area contributed by atoms with Crippen molar-refractivity contribution in [2.75, 3.05) is 0 Å². The maximum atomic E-state index is 10.3. The smallest absolute Gasteiger partial charge is 0.231 e. The predicted molar refractivity (Wildman–Crippen MR) is 111 cm³/mol. The number of aryl methyl sites for hydroxylation is 2. The Morgan fingerprint density at radius 2 is 1.79 bits per heavy atom. The van der Waals surface area contributed by atoms with E-state index < -0.39 is 0 Å². The second kappa shape index (κ2) is 7.02. The number of nitrogens with zero attached hydrogens (tertiary/aromatic N) is 2. The molecule has 0 atom stereocenters. The van der Waals surface area contributed by atoms with Gasteiger partial charge in [0.05, 0.1) is 11.3 Å². The van der Waals surface area contributed by atoms with Crippen molar-refractivity contribution in [2.24, 2.45) is 4.99 Å². The van der Waals surface area contributed by atoms with Crippen LogP contribution in [-0.2, 0) is 0 Å². The molecule has 2 N–H and O–H groups in total. The van der Waals surface area contributed by atoms with Crippen molar-refractivity contribution in [2.45, 2.75) is 13.8 Å². The molecule has 0 saturated heterocycles. The maximum Gasteiger partial charge on any atom is 0.231 e. The van der Waals surface area contributed by atoms with E-state index in [1.165, 1.54) is 18.2 Å². The molecule has 0 amide bonds. The molecule has 0 unspecified atom stereocenters. The van der Waals surface area contributed by atoms with Crippen molar-refractivity contribution < 1.29 is 14.6 Å². The minimum Gasteiger partial charge on any atom is -0.508 e. The van der Waals surface area contributed by atoms with E-state index >= 15 is 0 Å². The number of rotatable bonds is 3. The molecular formula is C22H17ClN2O3. The number of hydrogen-bond acceptors (Lipinski definition) is 5. The molecule has 1 heterocycles. The van der Waals surface area contributed by atoms with E-state index in [0.29, 0.717) is 33.3 Å². The Morgan fingerprint density at radius 3 is 2.61 bits per heavy atom. The van der Waals surface area contributed by atoms with Gasteiger partial charge in [-0.2, -0.15) is 0 Å². The molecule has 3 aromatic carbocycles. The first-order valence-corrected chi connectivity index (χ1v) is 9.02. The third kappa shape index (κ3) is 3.44. The van der Waals surface area contributed by atoms with Crippen LogP contribution >= 0.6 is 11.6 Å². The summed E-state index contributed by atoms with van der Waals surface area (Å²) in [6.45, 7) is 4.03. The predicted octanol–water partition coefficient (Wildman–Crippen LogP) is 5.93. The molecule has 0 aliphatic rings. The number of phenols is 2. The zero-order valence-electron chi connectivity index (χ0n) is 15.3. The Bertz CT molecular complexity index is 1190. The highest BCUT2D eigenvalue weighted by atomic mass is 35.5. The lowest BCUT2D eigenvalue weighted by atomic mass is 10.1. The van der Waals surface area contributed by atoms with Crippen LogP contribution in [0.2, 0.25) is 5.02 Å². The fourth-order valence-corrected chi connectivity index (χ4v) is 3.01. The number of aromatic nitrogens is 1. The number of phenolic OH excluding ortho intramolecular Hbond substituents is 2. The number of aromatic hydroxyl groups is 2. The minimum atomic E-state index is 0.0503. The van der Waals surface area contributed by atoms with Gasteiger partial charge in [0.2, 0.25) is 5.89 Å². The van der Waals surface area contributed by atoms with Crippen molar-refractivity contribution in [3.63, 3.8) is 0 Å². The molecule has 1 aromatic heterocycles. The first-order chi connectivity index (χ1) is 13.4. The molecule has 4 aromatic rings. The van der Waals surface area contributed by atoms with Crippen LogP contribution in [0.3, 0.4) is 0 Å². The highest BCUT2D eigenvalue weighted by Gasteiger charge is 2.14. The summed E-state index contributed by atoms with van der Waals surface area (Å²) >= 11 is 6.12. The summed E-state index contributed by atoms with van der Waals surface area (Å²) in [7, 11) is 0. The van der Waals surface area contributed by atoms with Gasteiger partial charge in [0, 0.05) is 16.8 Å². The standard InChI is InChI=1S/C22H17ClN2O3/c1-12-7-19-21(8-13(12)2)28-22(25-19)17-10-15(3-6-20(17)27)24-11-14-9-16(26)4-5-18(14)23/h3-11,26-27H,1-2H3. The van der Waals surface area contributed by atoms with Gasteiger partial charge in [0.25, 0.3) is 0 Å². The van der Waals surface area contributed by atoms with Crippen LogP contribution < -0.4 is 0 Å². The molecule has 0 bridgehead atoms. The number of aliphatic imine (C=N–C) groups is 1. The van der Waals surface area contributed by atoms with Crippen molar-refractivity contribution in [1.82, 2.24) is 4.98 Å². The third-order valence-electron chi connectivity index (χ3n) is 4.55. The summed E-state index contributed by atoms with van der Waals surface area (Å²) in [5, 5.41) is 20.4. The van der Waals surface area contributed by atoms with Crippen LogP contribution in [0.15, 0.2) is 57.9 Å². The van der Waals surface area contributed by atoms with Crippen LogP contribution in [0.1, 0.15) is 16.7 Å². The largest absolute Gasteiger partial charge is 0.508 e. The second-order valence-corrected chi connectivity index (χ2v) is 7.00. The highest BCUT2D eigenvalue weighted by Crippen LogP contribution is 2.34. The van der Waals surface area contributed by atoms with Crippen LogP contribution in [-0.4, -0.2) is 21.4 Å². The summed E-state index contributed by atoms with van der Waals surface area (Å²) < 4.78 is 5.85. The van der Waals surface area contributed by atoms with E-state index in [0.717, 1.165) is 16.6 Å². The maximum absolute atomic E-state index is 10.3. The summed E-state index contributed by atoms with van der Waals surface area (Å²) in [5.74, 6) is 0.480. The van der Waals surface area contributed by atoms with Gasteiger partial charge in [-0.3, -0.25) is 4.99 Å². The van der Waals surface area contributed by atoms with E-state index in [1.807, 2.05) is 26.0 Å². The number of hydrogen-bond donors (Lipinski definition) is 2. The summed E-state index contributed by atoms with van der Waals surface area (Å²) in [5.41, 5.74) is 5.25. The SMILES string of the molecule is Cc1cc2nc(-c3cc(N=Cc4cc(O)ccc4Cl)ccc3O)oc2cc1C. The normalized spacial score (nSPS) is 11.5. The highest BCUT2D eigenvalue weighted by molar-refractivity contribution is 6.33. The molecular weight excluding hydrogens is 376 g/mol. The molecule has 0 spiro atoms. The van der Waals surface area contributed by atoms with E-state index in [9.17, 15) is 10.2 Å². The van der Waals surface area contributed by atoms with Gasteiger partial charge in [-0.15, -0.1) is 0 Å². The van der Waals surface area contributed by atoms with Gasteiger partial charge in [-0.1, -0.05) is 11.6 Å². The average molecular weight is 393 g/mol. The number of benzene rings is 3. The van der Waals surface area contributed by atoms with Crippen molar-refractivity contribution in [3.05, 3.63) is 70.2 Å². The Morgan fingerprint density at radius 1 is 1.00 bits per heavy atom. The lowest BCUT2D eigenvalue weighted by molar-refractivity contribution is 0.474. The van der Waals surface area contributed by atoms with Gasteiger partial charge in [0.15, 0.2) is 5.58 Å². The van der Waals surface area contributed by atoms with Crippen molar-refractivity contribution in [1.29, 1.82) is 0 Å². The van der Waals surface area contributed by atoms with Gasteiger partial charge in [0.1, 0.15) is 17.0 Å². The topological polar surface area (TPSA) is 78.9 Å². The van der Waals surface area contributed by atoms with E-state index in [4.69, 9.17) is 16.0 Å². The van der Waals surface area contributed by atoms with Crippen LogP contribution in [0.4, 0.5) is 5.69 Å². The lowest BCUT2D eigenvalue weighted by Crippen LogP contribution is -1.83. The van der Waals surface area contributed by atoms with Gasteiger partial charge in [-0.25, -0.2) is 4.98 Å². The molecule has 0 fully saturated rings. The Labute approximate surface area is 166 Å². The Balaban J connectivity index is 1.73. The molecule has 6 heteroatoms. The van der Waals surface area contributed by atoms with E-state index in [1.54, 1.807) is 24.4 Å². The number of halogens is 1. The first-order valence-electron chi connectivity index (χ1n) is 8.64. The molecule has 4 rings (SSSR count). The van der Waals surface area contributed by atoms with Gasteiger partial charge in [-0.05, 0) is 73.5 Å². The molecule has 0 aliphatic carbocycles. The number of oxazole rings is 1. The van der Waals surface area contributed by atoms with Crippen LogP contribution in [0.25, 0.3) is 22.6 Å². The fourth-order valence-electron chi connectivity index (χ4n) is 2.84. The van der Waals surface area contributed by atoms with Gasteiger partial charge < -0.3 is 14.6 Å². The summed E-state index contributed by atoms with van der Waals surface area (Å²) in [6.07, 6.45) is 1.55. The lowest BCUT2D eigenvalue weighted by Gasteiger charge is -2.02. The molecule has 0 aliphatic heterocycles. The van der Waals surface area contributed by atoms with Crippen LogP contribution in [0, 0.1) is 13.8 Å². The minimum absolute atomic E-state index is 0.0503. The first kappa shape index (κ1) is 18.1. The molecule has 0 saturated carbocycles. The Kier molecular flexibility index (Phi) is 4.53. The fraction of sp³-hybridized carbons (Fsp3) is 0.0909. The molecule has 28 heavy (non-hydrogen) atoms. The molecule has 140 valence electrons. The molecule has 0 radical (unpaired) electrons. The van der Waals surface area contributed by atoms with Gasteiger partial charge >= 0.3 is 0 Å². The average Bonchev–Trinajstić information content (AvgIpc) is 3.06. The summed E-state index contributed by atoms with van der Waals surface area (Å²) in [4.78, 5) is 8.88. The van der Waals surface area contributed by atoms with E-state index in [2.05, 4.69) is 9.98 Å².